The first kappa shape index (κ1) is 42.3. The second kappa shape index (κ2) is 25.3. The summed E-state index contributed by atoms with van der Waals surface area (Å²) in [6.07, 6.45) is 27.7. The SMILES string of the molecule is CCCCCCCCC=CCCCCCCCC(=O)C(O)(C(=O)C(O)CCCCCCCCCCCCC)C1(O)C(=O)CCC1=O. The lowest BCUT2D eigenvalue weighted by Crippen LogP contribution is -2.71. The molecule has 7 heteroatoms. The predicted molar refractivity (Wildman–Crippen MR) is 186 cm³/mol. The molecule has 1 aliphatic carbocycles. The van der Waals surface area contributed by atoms with Gasteiger partial charge in [-0.15, -0.1) is 0 Å². The van der Waals surface area contributed by atoms with Gasteiger partial charge in [0.05, 0.1) is 0 Å². The zero-order valence-electron chi connectivity index (χ0n) is 29.5. The van der Waals surface area contributed by atoms with E-state index >= 15 is 0 Å². The summed E-state index contributed by atoms with van der Waals surface area (Å²) in [4.78, 5) is 52.0. The first-order chi connectivity index (χ1) is 22.2. The number of allylic oxidation sites excluding steroid dienone is 2. The Morgan fingerprint density at radius 1 is 0.652 bits per heavy atom. The molecule has 46 heavy (non-hydrogen) atoms. The van der Waals surface area contributed by atoms with E-state index in [2.05, 4.69) is 26.0 Å². The minimum Gasteiger partial charge on any atom is -0.385 e. The number of hydrogen-bond acceptors (Lipinski definition) is 7. The van der Waals surface area contributed by atoms with Crippen LogP contribution in [0.4, 0.5) is 0 Å². The van der Waals surface area contributed by atoms with Crippen molar-refractivity contribution in [2.45, 2.75) is 211 Å². The second-order valence-electron chi connectivity index (χ2n) is 13.7. The molecule has 0 aromatic rings. The molecule has 7 nitrogen and oxygen atoms in total. The monoisotopic (exact) mass is 648 g/mol. The molecule has 0 saturated heterocycles. The van der Waals surface area contributed by atoms with Gasteiger partial charge in [0.1, 0.15) is 6.10 Å². The van der Waals surface area contributed by atoms with Crippen LogP contribution >= 0.6 is 0 Å². The predicted octanol–water partition coefficient (Wildman–Crippen LogP) is 8.62. The highest BCUT2D eigenvalue weighted by molar-refractivity contribution is 6.28. The van der Waals surface area contributed by atoms with Crippen molar-refractivity contribution in [3.63, 3.8) is 0 Å². The Morgan fingerprint density at radius 2 is 1.02 bits per heavy atom. The molecule has 0 heterocycles. The molecule has 0 amide bonds. The van der Waals surface area contributed by atoms with Gasteiger partial charge in [-0.2, -0.15) is 0 Å². The third kappa shape index (κ3) is 14.6. The Hall–Kier alpha value is -1.70. The van der Waals surface area contributed by atoms with Gasteiger partial charge < -0.3 is 15.3 Å². The van der Waals surface area contributed by atoms with Crippen LogP contribution in [0, 0.1) is 0 Å². The number of hydrogen-bond donors (Lipinski definition) is 3. The van der Waals surface area contributed by atoms with Crippen LogP contribution in [-0.4, -0.2) is 55.8 Å². The molecule has 2 atom stereocenters. The van der Waals surface area contributed by atoms with Gasteiger partial charge in [-0.05, 0) is 38.5 Å². The van der Waals surface area contributed by atoms with E-state index < -0.39 is 40.4 Å². The first-order valence-corrected chi connectivity index (χ1v) is 19.1. The van der Waals surface area contributed by atoms with Crippen molar-refractivity contribution >= 4 is 23.1 Å². The average molecular weight is 649 g/mol. The van der Waals surface area contributed by atoms with Crippen LogP contribution in [0.25, 0.3) is 0 Å². The van der Waals surface area contributed by atoms with Gasteiger partial charge in [0.25, 0.3) is 0 Å². The molecule has 1 aliphatic rings. The molecule has 0 bridgehead atoms. The van der Waals surface area contributed by atoms with Crippen LogP contribution in [0.3, 0.4) is 0 Å². The number of Topliss-reactive ketones (excluding diaryl/α,β-unsaturated/α-hetero) is 4. The Morgan fingerprint density at radius 3 is 1.46 bits per heavy atom. The highest BCUT2D eigenvalue weighted by Crippen LogP contribution is 2.37. The lowest BCUT2D eigenvalue weighted by atomic mass is 9.71. The minimum atomic E-state index is -3.25. The second-order valence-corrected chi connectivity index (χ2v) is 13.7. The zero-order chi connectivity index (χ0) is 34.1. The Labute approximate surface area is 280 Å². The summed E-state index contributed by atoms with van der Waals surface area (Å²) >= 11 is 0. The number of aliphatic hydroxyl groups excluding tert-OH is 1. The van der Waals surface area contributed by atoms with Crippen molar-refractivity contribution in [3.8, 4) is 0 Å². The fourth-order valence-electron chi connectivity index (χ4n) is 6.58. The topological polar surface area (TPSA) is 129 Å². The maximum absolute atomic E-state index is 13.4. The third-order valence-electron chi connectivity index (χ3n) is 9.72. The number of unbranched alkanes of at least 4 members (excludes halogenated alkanes) is 21. The van der Waals surface area contributed by atoms with E-state index in [9.17, 15) is 34.5 Å². The van der Waals surface area contributed by atoms with E-state index in [0.717, 1.165) is 57.8 Å². The summed E-state index contributed by atoms with van der Waals surface area (Å²) in [5, 5.41) is 33.3. The van der Waals surface area contributed by atoms with Crippen LogP contribution in [0.5, 0.6) is 0 Å². The zero-order valence-corrected chi connectivity index (χ0v) is 29.5. The fourth-order valence-corrected chi connectivity index (χ4v) is 6.58. The maximum Gasteiger partial charge on any atom is 0.227 e. The largest absolute Gasteiger partial charge is 0.385 e. The van der Waals surface area contributed by atoms with Crippen LogP contribution in [0.15, 0.2) is 12.2 Å². The molecule has 0 aliphatic heterocycles. The Bertz CT molecular complexity index is 879. The third-order valence-corrected chi connectivity index (χ3v) is 9.72. The summed E-state index contributed by atoms with van der Waals surface area (Å²) in [6.45, 7) is 4.44. The van der Waals surface area contributed by atoms with Crippen molar-refractivity contribution in [1.82, 2.24) is 0 Å². The lowest BCUT2D eigenvalue weighted by molar-refractivity contribution is -0.190. The lowest BCUT2D eigenvalue weighted by Gasteiger charge is -2.37. The van der Waals surface area contributed by atoms with E-state index in [1.54, 1.807) is 0 Å². The quantitative estimate of drug-likeness (QED) is 0.0390. The Kier molecular flexibility index (Phi) is 23.3. The van der Waals surface area contributed by atoms with Crippen molar-refractivity contribution < 1.29 is 34.5 Å². The number of ketones is 4. The van der Waals surface area contributed by atoms with E-state index in [1.807, 2.05) is 0 Å². The molecule has 2 unspecified atom stereocenters. The maximum atomic E-state index is 13.4. The number of carbonyl (C=O) groups is 4. The molecule has 0 aromatic carbocycles. The first-order valence-electron chi connectivity index (χ1n) is 19.1. The molecule has 0 spiro atoms. The van der Waals surface area contributed by atoms with E-state index in [0.29, 0.717) is 19.3 Å². The molecular formula is C39H68O7. The molecule has 0 aromatic heterocycles. The van der Waals surface area contributed by atoms with Gasteiger partial charge in [0.15, 0.2) is 17.3 Å². The van der Waals surface area contributed by atoms with E-state index in [1.165, 1.54) is 77.0 Å². The van der Waals surface area contributed by atoms with Gasteiger partial charge in [0.2, 0.25) is 17.0 Å². The number of carbonyl (C=O) groups excluding carboxylic acids is 4. The van der Waals surface area contributed by atoms with Gasteiger partial charge in [-0.25, -0.2) is 0 Å². The van der Waals surface area contributed by atoms with Gasteiger partial charge in [-0.3, -0.25) is 19.2 Å². The smallest absolute Gasteiger partial charge is 0.227 e. The van der Waals surface area contributed by atoms with E-state index in [4.69, 9.17) is 0 Å². The van der Waals surface area contributed by atoms with Crippen molar-refractivity contribution in [2.24, 2.45) is 0 Å². The van der Waals surface area contributed by atoms with Gasteiger partial charge >= 0.3 is 0 Å². The standard InChI is InChI=1S/C39H68O7/c1-3-5-7-9-11-13-15-16-17-18-20-22-24-26-28-30-34(41)39(46,38(45)35(42)31-32-36(38)43)37(44)33(40)29-27-25-23-21-19-14-12-10-8-6-4-2/h16-17,33,40,45-46H,3-15,18-32H2,1-2H3. The van der Waals surface area contributed by atoms with Crippen LogP contribution in [-0.2, 0) is 19.2 Å². The molecular weight excluding hydrogens is 580 g/mol. The molecule has 1 saturated carbocycles. The summed E-state index contributed by atoms with van der Waals surface area (Å²) < 4.78 is 0. The molecule has 266 valence electrons. The van der Waals surface area contributed by atoms with Crippen LogP contribution < -0.4 is 0 Å². The average Bonchev–Trinajstić information content (AvgIpc) is 3.32. The molecule has 1 fully saturated rings. The van der Waals surface area contributed by atoms with Crippen molar-refractivity contribution in [2.75, 3.05) is 0 Å². The van der Waals surface area contributed by atoms with Gasteiger partial charge in [-0.1, -0.05) is 148 Å². The summed E-state index contributed by atoms with van der Waals surface area (Å²) in [5.41, 5.74) is -6.38. The van der Waals surface area contributed by atoms with Crippen LogP contribution in [0.1, 0.15) is 194 Å². The molecule has 3 N–H and O–H groups in total. The van der Waals surface area contributed by atoms with Crippen molar-refractivity contribution in [1.29, 1.82) is 0 Å². The molecule has 0 radical (unpaired) electrons. The van der Waals surface area contributed by atoms with Crippen LogP contribution in [0.2, 0.25) is 0 Å². The highest BCUT2D eigenvalue weighted by atomic mass is 16.4. The van der Waals surface area contributed by atoms with E-state index in [-0.39, 0.29) is 25.7 Å². The summed E-state index contributed by atoms with van der Waals surface area (Å²) in [7, 11) is 0. The minimum absolute atomic E-state index is 0.00267. The normalized spacial score (nSPS) is 16.7. The van der Waals surface area contributed by atoms with Crippen molar-refractivity contribution in [3.05, 3.63) is 12.2 Å². The Balaban J connectivity index is 2.48. The van der Waals surface area contributed by atoms with Gasteiger partial charge in [0, 0.05) is 19.3 Å². The summed E-state index contributed by atoms with van der Waals surface area (Å²) in [5.74, 6) is -4.45. The fraction of sp³-hybridized carbons (Fsp3) is 0.846. The number of aliphatic hydroxyl groups is 3. The summed E-state index contributed by atoms with van der Waals surface area (Å²) in [6, 6.07) is 0. The highest BCUT2D eigenvalue weighted by Gasteiger charge is 2.69. The number of rotatable bonds is 31. The molecule has 1 rings (SSSR count).